The minimum atomic E-state index is -4.69. The highest BCUT2D eigenvalue weighted by Gasteiger charge is 2.43. The van der Waals surface area contributed by atoms with Gasteiger partial charge >= 0.3 is 6.18 Å². The molecule has 13 heteroatoms. The molecule has 0 spiro atoms. The van der Waals surface area contributed by atoms with Crippen LogP contribution < -0.4 is 21.7 Å². The van der Waals surface area contributed by atoms with Crippen molar-refractivity contribution in [3.63, 3.8) is 0 Å². The Hall–Kier alpha value is -2.86. The molecule has 2 fully saturated rings. The molecule has 0 radical (unpaired) electrons. The van der Waals surface area contributed by atoms with Crippen LogP contribution in [0.1, 0.15) is 45.1 Å². The summed E-state index contributed by atoms with van der Waals surface area (Å²) in [6.07, 6.45) is 0.204. The number of piperidine rings is 1. The number of hydrogen-bond acceptors (Lipinski definition) is 7. The number of nitrogens with one attached hydrogen (secondary N) is 3. The lowest BCUT2D eigenvalue weighted by molar-refractivity contribution is -0.136. The van der Waals surface area contributed by atoms with Gasteiger partial charge in [-0.05, 0) is 64.3 Å². The lowest BCUT2D eigenvalue weighted by Crippen LogP contribution is -2.55. The molecule has 0 bridgehead atoms. The van der Waals surface area contributed by atoms with Crippen molar-refractivity contribution < 1.29 is 22.4 Å². The number of hydrogen-bond donors (Lipinski definition) is 4. The summed E-state index contributed by atoms with van der Waals surface area (Å²) in [4.78, 5) is 22.0. The van der Waals surface area contributed by atoms with Gasteiger partial charge in [0, 0.05) is 41.4 Å². The van der Waals surface area contributed by atoms with Gasteiger partial charge in [0.25, 0.3) is 0 Å². The Morgan fingerprint density at radius 2 is 2.11 bits per heavy atom. The molecule has 0 saturated carbocycles. The van der Waals surface area contributed by atoms with Gasteiger partial charge in [0.15, 0.2) is 11.6 Å². The van der Waals surface area contributed by atoms with Crippen molar-refractivity contribution in [2.45, 2.75) is 63.3 Å². The van der Waals surface area contributed by atoms with Crippen LogP contribution >= 0.6 is 11.6 Å². The lowest BCUT2D eigenvalue weighted by atomic mass is 9.84. The van der Waals surface area contributed by atoms with E-state index >= 15 is 0 Å². The maximum atomic E-state index is 14.6. The number of carbonyl (C=O) groups is 1. The van der Waals surface area contributed by atoms with E-state index in [-0.39, 0.29) is 47.1 Å². The second kappa shape index (κ2) is 11.1. The number of anilines is 4. The van der Waals surface area contributed by atoms with E-state index in [2.05, 4.69) is 44.7 Å². The topological polar surface area (TPSA) is 108 Å². The Morgan fingerprint density at radius 1 is 1.34 bits per heavy atom. The van der Waals surface area contributed by atoms with Gasteiger partial charge in [0.05, 0.1) is 17.7 Å². The summed E-state index contributed by atoms with van der Waals surface area (Å²) in [6.45, 7) is 5.28. The molecule has 3 unspecified atom stereocenters. The number of rotatable bonds is 9. The highest BCUT2D eigenvalue weighted by molar-refractivity contribution is 6.19. The van der Waals surface area contributed by atoms with Gasteiger partial charge in [-0.3, -0.25) is 9.69 Å². The average molecular weight is 558 g/mol. The first-order chi connectivity index (χ1) is 17.9. The van der Waals surface area contributed by atoms with E-state index < -0.39 is 29.4 Å². The summed E-state index contributed by atoms with van der Waals surface area (Å²) < 4.78 is 56.0. The first kappa shape index (κ1) is 28.2. The van der Waals surface area contributed by atoms with Crippen LogP contribution in [0.2, 0.25) is 0 Å². The van der Waals surface area contributed by atoms with Gasteiger partial charge in [-0.25, -0.2) is 9.37 Å². The lowest BCUT2D eigenvalue weighted by Gasteiger charge is -2.47. The van der Waals surface area contributed by atoms with Gasteiger partial charge in [-0.2, -0.15) is 18.2 Å². The van der Waals surface area contributed by atoms with Gasteiger partial charge in [0.2, 0.25) is 11.9 Å². The molecule has 1 amide bonds. The molecule has 208 valence electrons. The van der Waals surface area contributed by atoms with E-state index in [1.54, 1.807) is 0 Å². The van der Waals surface area contributed by atoms with Crippen molar-refractivity contribution in [2.75, 3.05) is 34.9 Å². The number of amides is 1. The monoisotopic (exact) mass is 557 g/mol. The number of aromatic nitrogens is 2. The van der Waals surface area contributed by atoms with Gasteiger partial charge < -0.3 is 21.7 Å². The maximum Gasteiger partial charge on any atom is 0.418 e. The number of alkyl halides is 4. The van der Waals surface area contributed by atoms with Gasteiger partial charge in [-0.1, -0.05) is 0 Å². The molecule has 2 aliphatic heterocycles. The van der Waals surface area contributed by atoms with Crippen molar-refractivity contribution in [2.24, 2.45) is 11.7 Å². The minimum Gasteiger partial charge on any atom is -0.384 e. The van der Waals surface area contributed by atoms with Crippen LogP contribution in [0.4, 0.5) is 40.7 Å². The minimum absolute atomic E-state index is 0.000931. The molecular formula is C25H32ClF4N7O. The summed E-state index contributed by atoms with van der Waals surface area (Å²) in [5, 5.41) is 8.54. The fourth-order valence-electron chi connectivity index (χ4n) is 5.45. The molecule has 3 heterocycles. The predicted octanol–water partition coefficient (Wildman–Crippen LogP) is 4.95. The maximum absolute atomic E-state index is 14.6. The first-order valence-electron chi connectivity index (χ1n) is 12.5. The number of halogens is 5. The fourth-order valence-corrected chi connectivity index (χ4v) is 5.71. The number of benzene rings is 1. The van der Waals surface area contributed by atoms with Crippen molar-refractivity contribution in [3.05, 3.63) is 35.8 Å². The zero-order chi connectivity index (χ0) is 27.7. The number of nitrogens with zero attached hydrogens (tertiary/aromatic N) is 3. The largest absolute Gasteiger partial charge is 0.418 e. The molecule has 2 aliphatic rings. The third-order valence-electron chi connectivity index (χ3n) is 7.25. The summed E-state index contributed by atoms with van der Waals surface area (Å²) in [5.41, 5.74) is 4.04. The van der Waals surface area contributed by atoms with Gasteiger partial charge in [-0.15, -0.1) is 11.6 Å². The Labute approximate surface area is 223 Å². The van der Waals surface area contributed by atoms with Crippen LogP contribution in [-0.2, 0) is 11.0 Å². The van der Waals surface area contributed by atoms with E-state index in [9.17, 15) is 22.4 Å². The highest BCUT2D eigenvalue weighted by Crippen LogP contribution is 2.39. The van der Waals surface area contributed by atoms with Crippen LogP contribution in [-0.4, -0.2) is 57.4 Å². The molecule has 1 aromatic carbocycles. The van der Waals surface area contributed by atoms with E-state index in [4.69, 9.17) is 17.3 Å². The first-order valence-corrected chi connectivity index (χ1v) is 13.0. The molecule has 5 N–H and O–H groups in total. The van der Waals surface area contributed by atoms with Crippen LogP contribution in [0.25, 0.3) is 0 Å². The highest BCUT2D eigenvalue weighted by atomic mass is 35.5. The Balaban J connectivity index is 1.50. The molecule has 3 atom stereocenters. The molecular weight excluding hydrogens is 526 g/mol. The second-order valence-corrected chi connectivity index (χ2v) is 10.8. The van der Waals surface area contributed by atoms with E-state index in [1.807, 2.05) is 0 Å². The van der Waals surface area contributed by atoms with Crippen molar-refractivity contribution in [1.29, 1.82) is 0 Å². The van der Waals surface area contributed by atoms with E-state index in [0.29, 0.717) is 6.04 Å². The zero-order valence-corrected chi connectivity index (χ0v) is 22.0. The quantitative estimate of drug-likeness (QED) is 0.255. The number of nitrogens with two attached hydrogens (primary N) is 1. The predicted molar refractivity (Wildman–Crippen MR) is 139 cm³/mol. The third-order valence-corrected chi connectivity index (χ3v) is 7.62. The summed E-state index contributed by atoms with van der Waals surface area (Å²) >= 11 is 5.68. The van der Waals surface area contributed by atoms with Crippen molar-refractivity contribution >= 4 is 40.6 Å². The third kappa shape index (κ3) is 6.40. The van der Waals surface area contributed by atoms with E-state index in [1.165, 1.54) is 12.1 Å². The standard InChI is InChI=1S/C25H32ClF4N7O/c1-24(2)10-16(8-17-4-3-7-37(17)24)34-22-19(27)13-33-23(36-22)35-15-5-6-20(18(9-15)25(28,29)30)32-12-14(11-26)21(31)38/h5-6,9,13-14,16-17,32H,3-4,7-8,10-12H2,1-2H3,(H2,31,38)(H2,33,34,35,36). The smallest absolute Gasteiger partial charge is 0.384 e. The normalized spacial score (nSPS) is 22.0. The fraction of sp³-hybridized carbons (Fsp3) is 0.560. The molecule has 0 aliphatic carbocycles. The van der Waals surface area contributed by atoms with Crippen LogP contribution in [0, 0.1) is 11.7 Å². The Kier molecular flexibility index (Phi) is 8.22. The molecule has 38 heavy (non-hydrogen) atoms. The molecule has 8 nitrogen and oxygen atoms in total. The number of fused-ring (bicyclic) bond motifs is 1. The van der Waals surface area contributed by atoms with Crippen molar-refractivity contribution in [3.8, 4) is 0 Å². The summed E-state index contributed by atoms with van der Waals surface area (Å²) in [7, 11) is 0. The molecule has 1 aromatic heterocycles. The summed E-state index contributed by atoms with van der Waals surface area (Å²) in [6, 6.07) is 3.93. The molecule has 4 rings (SSSR count). The zero-order valence-electron chi connectivity index (χ0n) is 21.2. The number of carbonyl (C=O) groups excluding carboxylic acids is 1. The van der Waals surface area contributed by atoms with Gasteiger partial charge in [0.1, 0.15) is 0 Å². The molecule has 2 aromatic rings. The average Bonchev–Trinajstić information content (AvgIpc) is 3.31. The second-order valence-electron chi connectivity index (χ2n) is 10.5. The van der Waals surface area contributed by atoms with E-state index in [0.717, 1.165) is 44.5 Å². The molecule has 2 saturated heterocycles. The number of primary amides is 1. The van der Waals surface area contributed by atoms with Crippen molar-refractivity contribution in [1.82, 2.24) is 14.9 Å². The van der Waals surface area contributed by atoms with Crippen LogP contribution in [0.5, 0.6) is 0 Å². The Morgan fingerprint density at radius 3 is 2.79 bits per heavy atom. The van der Waals surface area contributed by atoms with Crippen LogP contribution in [0.15, 0.2) is 24.4 Å². The summed E-state index contributed by atoms with van der Waals surface area (Å²) in [5.74, 6) is -2.35. The SMILES string of the molecule is CC1(C)CC(Nc2nc(Nc3ccc(NCC(CCl)C(N)=O)c(C(F)(F)F)c3)ncc2F)CC2CCCN21. The Bertz CT molecular complexity index is 1160. The van der Waals surface area contributed by atoms with Crippen LogP contribution in [0.3, 0.4) is 0 Å².